The highest BCUT2D eigenvalue weighted by Crippen LogP contribution is 2.28. The van der Waals surface area contributed by atoms with Gasteiger partial charge in [-0.05, 0) is 55.2 Å². The summed E-state index contributed by atoms with van der Waals surface area (Å²) in [6, 6.07) is 16.7. The minimum atomic E-state index is -0.354. The number of piperidine rings is 1. The van der Waals surface area contributed by atoms with Crippen molar-refractivity contribution in [1.29, 1.82) is 5.41 Å². The average molecular weight is 428 g/mol. The molecule has 0 spiro atoms. The Hall–Kier alpha value is -4.25. The number of hydrogen-bond donors (Lipinski definition) is 3. The maximum Gasteiger partial charge on any atom is 0.298 e. The van der Waals surface area contributed by atoms with E-state index in [1.54, 1.807) is 9.91 Å². The van der Waals surface area contributed by atoms with Crippen molar-refractivity contribution in [1.82, 2.24) is 9.91 Å². The number of nitrogens with two attached hydrogens (primary N) is 2. The number of rotatable bonds is 4. The first-order valence-corrected chi connectivity index (χ1v) is 10.3. The molecule has 2 aromatic carbocycles. The third kappa shape index (κ3) is 4.14. The molecule has 5 N–H and O–H groups in total. The lowest BCUT2D eigenvalue weighted by molar-refractivity contribution is -0.126. The van der Waals surface area contributed by atoms with Gasteiger partial charge >= 0.3 is 0 Å². The largest absolute Gasteiger partial charge is 0.457 e. The molecule has 1 unspecified atom stereocenters. The predicted octanol–water partition coefficient (Wildman–Crippen LogP) is 2.23. The van der Waals surface area contributed by atoms with E-state index in [-0.39, 0.29) is 23.6 Å². The van der Waals surface area contributed by atoms with Gasteiger partial charge in [0.05, 0.1) is 11.6 Å². The first-order valence-electron chi connectivity index (χ1n) is 10.3. The second-order valence-electron chi connectivity index (χ2n) is 7.60. The number of para-hydroxylation sites is 1. The molecule has 8 heteroatoms. The molecule has 8 nitrogen and oxygen atoms in total. The number of nitrogens with one attached hydrogen (secondary N) is 1. The Kier molecular flexibility index (Phi) is 5.81. The van der Waals surface area contributed by atoms with Crippen LogP contribution in [0.5, 0.6) is 11.5 Å². The monoisotopic (exact) mass is 428 g/mol. The van der Waals surface area contributed by atoms with E-state index in [0.717, 1.165) is 24.2 Å². The lowest BCUT2D eigenvalue weighted by Crippen LogP contribution is -2.48. The van der Waals surface area contributed by atoms with Crippen LogP contribution in [0.1, 0.15) is 18.4 Å². The predicted molar refractivity (Wildman–Crippen MR) is 123 cm³/mol. The molecule has 1 atom stereocenters. The fraction of sp³-hybridized carbons (Fsp3) is 0.208. The summed E-state index contributed by atoms with van der Waals surface area (Å²) in [5.74, 6) is 3.35. The summed E-state index contributed by atoms with van der Waals surface area (Å²) in [7, 11) is 0. The van der Waals surface area contributed by atoms with E-state index in [0.29, 0.717) is 30.1 Å². The van der Waals surface area contributed by atoms with Crippen LogP contribution in [0.2, 0.25) is 0 Å². The van der Waals surface area contributed by atoms with E-state index in [9.17, 15) is 4.79 Å². The molecule has 1 amide bonds. The summed E-state index contributed by atoms with van der Waals surface area (Å²) in [6.07, 6.45) is 6.82. The molecule has 1 saturated heterocycles. The number of terminal acetylenes is 1. The Labute approximate surface area is 186 Å². The zero-order valence-electron chi connectivity index (χ0n) is 17.5. The standard InChI is InChI=1S/C24H24N6O2/c1-2-20(31)29-14-6-7-17(15-29)30-24(27)21(23(25)26)22(28-30)16-10-12-19(13-11-16)32-18-8-4-3-5-9-18/h1,3-5,8-13,17,27H,6-7,14-15,25-26H2. The summed E-state index contributed by atoms with van der Waals surface area (Å²) in [5, 5.41) is 14.9. The molecule has 0 radical (unpaired) electrons. The Morgan fingerprint density at radius 2 is 1.81 bits per heavy atom. The van der Waals surface area contributed by atoms with E-state index in [1.165, 1.54) is 0 Å². The van der Waals surface area contributed by atoms with E-state index < -0.39 is 0 Å². The zero-order chi connectivity index (χ0) is 22.7. The van der Waals surface area contributed by atoms with Crippen molar-refractivity contribution in [3.05, 3.63) is 71.6 Å². The normalized spacial score (nSPS) is 18.2. The highest BCUT2D eigenvalue weighted by Gasteiger charge is 2.36. The zero-order valence-corrected chi connectivity index (χ0v) is 17.5. The van der Waals surface area contributed by atoms with Crippen molar-refractivity contribution < 1.29 is 9.53 Å². The first-order chi connectivity index (χ1) is 15.5. The van der Waals surface area contributed by atoms with E-state index >= 15 is 0 Å². The molecule has 4 rings (SSSR count). The van der Waals surface area contributed by atoms with Gasteiger partial charge in [-0.2, -0.15) is 5.10 Å². The SMILES string of the molecule is C#CC(=O)N1CCCC(N2N=C(c3ccc(Oc4ccccc4)cc3)C(=C(N)N)C2=N)C1. The van der Waals surface area contributed by atoms with Gasteiger partial charge in [0.1, 0.15) is 23.0 Å². The number of carbonyl (C=O) groups excluding carboxylic acids is 1. The molecule has 2 aromatic rings. The van der Waals surface area contributed by atoms with Crippen LogP contribution in [0.25, 0.3) is 0 Å². The second kappa shape index (κ2) is 8.86. The van der Waals surface area contributed by atoms with Crippen molar-refractivity contribution in [3.63, 3.8) is 0 Å². The highest BCUT2D eigenvalue weighted by atomic mass is 16.5. The van der Waals surface area contributed by atoms with Crippen LogP contribution >= 0.6 is 0 Å². The maximum absolute atomic E-state index is 12.0. The summed E-state index contributed by atoms with van der Waals surface area (Å²) < 4.78 is 5.85. The van der Waals surface area contributed by atoms with E-state index in [2.05, 4.69) is 11.0 Å². The average Bonchev–Trinajstić information content (AvgIpc) is 3.17. The summed E-state index contributed by atoms with van der Waals surface area (Å²) in [5.41, 5.74) is 13.5. The molecule has 1 fully saturated rings. The van der Waals surface area contributed by atoms with E-state index in [1.807, 2.05) is 54.6 Å². The Morgan fingerprint density at radius 1 is 1.12 bits per heavy atom. The van der Waals surface area contributed by atoms with Crippen LogP contribution in [0.4, 0.5) is 0 Å². The number of amidine groups is 1. The first kappa shape index (κ1) is 21.0. The number of amides is 1. The van der Waals surface area contributed by atoms with Gasteiger partial charge in [-0.3, -0.25) is 10.2 Å². The molecule has 0 saturated carbocycles. The second-order valence-corrected chi connectivity index (χ2v) is 7.60. The smallest absolute Gasteiger partial charge is 0.298 e. The molecule has 32 heavy (non-hydrogen) atoms. The molecular formula is C24H24N6O2. The number of hydrogen-bond acceptors (Lipinski definition) is 6. The number of benzene rings is 2. The minimum Gasteiger partial charge on any atom is -0.457 e. The number of ether oxygens (including phenoxy) is 1. The van der Waals surface area contributed by atoms with Crippen LogP contribution in [0.3, 0.4) is 0 Å². The fourth-order valence-electron chi connectivity index (χ4n) is 3.91. The lowest BCUT2D eigenvalue weighted by atomic mass is 10.0. The summed E-state index contributed by atoms with van der Waals surface area (Å²) >= 11 is 0. The Morgan fingerprint density at radius 3 is 2.47 bits per heavy atom. The van der Waals surface area contributed by atoms with Gasteiger partial charge in [-0.25, -0.2) is 5.01 Å². The third-order valence-corrected chi connectivity index (χ3v) is 5.46. The minimum absolute atomic E-state index is 0.0215. The van der Waals surface area contributed by atoms with Crippen LogP contribution < -0.4 is 16.2 Å². The van der Waals surface area contributed by atoms with Gasteiger partial charge in [0, 0.05) is 18.7 Å². The van der Waals surface area contributed by atoms with Crippen molar-refractivity contribution in [2.45, 2.75) is 18.9 Å². The van der Waals surface area contributed by atoms with Gasteiger partial charge < -0.3 is 21.1 Å². The quantitative estimate of drug-likeness (QED) is 0.645. The van der Waals surface area contributed by atoms with Crippen LogP contribution in [-0.4, -0.2) is 46.5 Å². The van der Waals surface area contributed by atoms with Gasteiger partial charge in [0.25, 0.3) is 5.91 Å². The summed E-state index contributed by atoms with van der Waals surface area (Å²) in [6.45, 7) is 0.992. The summed E-state index contributed by atoms with van der Waals surface area (Å²) in [4.78, 5) is 13.6. The van der Waals surface area contributed by atoms with E-state index in [4.69, 9.17) is 28.0 Å². The molecule has 0 aromatic heterocycles. The molecule has 2 aliphatic heterocycles. The molecule has 162 valence electrons. The Bertz CT molecular complexity index is 1130. The van der Waals surface area contributed by atoms with Crippen LogP contribution in [-0.2, 0) is 4.79 Å². The number of hydrazone groups is 1. The van der Waals surface area contributed by atoms with Crippen molar-refractivity contribution in [3.8, 4) is 23.8 Å². The van der Waals surface area contributed by atoms with Crippen molar-refractivity contribution >= 4 is 17.5 Å². The fourth-order valence-corrected chi connectivity index (χ4v) is 3.91. The highest BCUT2D eigenvalue weighted by molar-refractivity contribution is 6.32. The molecule has 2 aliphatic rings. The molecule has 0 bridgehead atoms. The maximum atomic E-state index is 12.0. The van der Waals surface area contributed by atoms with Crippen LogP contribution in [0, 0.1) is 17.8 Å². The topological polar surface area (TPSA) is 121 Å². The van der Waals surface area contributed by atoms with Gasteiger partial charge in [0.2, 0.25) is 0 Å². The van der Waals surface area contributed by atoms with Gasteiger partial charge in [-0.1, -0.05) is 18.2 Å². The number of likely N-dealkylation sites (tertiary alicyclic amines) is 1. The van der Waals surface area contributed by atoms with Crippen LogP contribution in [0.15, 0.2) is 71.1 Å². The van der Waals surface area contributed by atoms with Gasteiger partial charge in [-0.15, -0.1) is 6.42 Å². The van der Waals surface area contributed by atoms with Gasteiger partial charge in [0.15, 0.2) is 5.84 Å². The molecule has 2 heterocycles. The van der Waals surface area contributed by atoms with Crippen molar-refractivity contribution in [2.24, 2.45) is 16.6 Å². The Balaban J connectivity index is 1.59. The number of nitrogens with zero attached hydrogens (tertiary/aromatic N) is 3. The lowest BCUT2D eigenvalue weighted by Gasteiger charge is -2.35. The third-order valence-electron chi connectivity index (χ3n) is 5.46. The molecular weight excluding hydrogens is 404 g/mol. The molecule has 0 aliphatic carbocycles. The van der Waals surface area contributed by atoms with Crippen molar-refractivity contribution in [2.75, 3.05) is 13.1 Å². The number of carbonyl (C=O) groups is 1.